The Morgan fingerprint density at radius 1 is 1.39 bits per heavy atom. The Bertz CT molecular complexity index is 713. The molecule has 6 heteroatoms. The van der Waals surface area contributed by atoms with E-state index < -0.39 is 0 Å². The Balaban J connectivity index is 1.91. The molecule has 2 heterocycles. The molecule has 1 fully saturated rings. The number of esters is 1. The Labute approximate surface area is 141 Å². The number of ether oxygens (including phenoxy) is 1. The van der Waals surface area contributed by atoms with Gasteiger partial charge in [0.25, 0.3) is 0 Å². The van der Waals surface area contributed by atoms with Crippen molar-refractivity contribution in [1.29, 1.82) is 0 Å². The zero-order valence-corrected chi connectivity index (χ0v) is 14.5. The molecule has 0 aromatic carbocycles. The van der Waals surface area contributed by atoms with E-state index in [0.717, 1.165) is 30.6 Å². The number of hydrogen-bond donors (Lipinski definition) is 0. The van der Waals surface area contributed by atoms with E-state index in [4.69, 9.17) is 16.3 Å². The van der Waals surface area contributed by atoms with Crippen LogP contribution in [0.15, 0.2) is 18.6 Å². The monoisotopic (exact) mass is 335 g/mol. The number of hydrogen-bond acceptors (Lipinski definition) is 4. The van der Waals surface area contributed by atoms with Crippen LogP contribution in [0.1, 0.15) is 44.9 Å². The first-order valence-electron chi connectivity index (χ1n) is 8.08. The lowest BCUT2D eigenvalue weighted by Crippen LogP contribution is -2.34. The van der Waals surface area contributed by atoms with Crippen molar-refractivity contribution in [2.45, 2.75) is 39.0 Å². The van der Waals surface area contributed by atoms with Crippen molar-refractivity contribution in [3.63, 3.8) is 0 Å². The Morgan fingerprint density at radius 2 is 2.17 bits per heavy atom. The van der Waals surface area contributed by atoms with Crippen LogP contribution in [-0.2, 0) is 9.53 Å². The van der Waals surface area contributed by atoms with E-state index in [9.17, 15) is 4.79 Å². The van der Waals surface area contributed by atoms with Crippen LogP contribution in [0.4, 0.5) is 0 Å². The molecule has 3 rings (SSSR count). The number of nitrogens with zero attached hydrogens (tertiary/aromatic N) is 3. The summed E-state index contributed by atoms with van der Waals surface area (Å²) >= 11 is 6.13. The molecule has 0 saturated heterocycles. The van der Waals surface area contributed by atoms with Gasteiger partial charge in [0.2, 0.25) is 0 Å². The summed E-state index contributed by atoms with van der Waals surface area (Å²) in [5.74, 6) is 1.86. The average Bonchev–Trinajstić information content (AvgIpc) is 2.99. The van der Waals surface area contributed by atoms with E-state index in [1.165, 1.54) is 7.11 Å². The zero-order valence-electron chi connectivity index (χ0n) is 13.7. The highest BCUT2D eigenvalue weighted by Gasteiger charge is 2.39. The standard InChI is InChI=1S/C17H22ClN3O2/c1-10(2)12-5-4-11(8-13(12)17(22)23-3)16-20-9-14-15(18)19-6-7-21(14)16/h6-7,9-13H,4-5,8H2,1-3H3. The summed E-state index contributed by atoms with van der Waals surface area (Å²) in [6.45, 7) is 4.36. The van der Waals surface area contributed by atoms with Gasteiger partial charge in [0, 0.05) is 18.3 Å². The van der Waals surface area contributed by atoms with Gasteiger partial charge in [0.05, 0.1) is 19.2 Å². The first-order chi connectivity index (χ1) is 11.0. The first kappa shape index (κ1) is 16.2. The Morgan fingerprint density at radius 3 is 2.87 bits per heavy atom. The third-order valence-corrected chi connectivity index (χ3v) is 5.36. The van der Waals surface area contributed by atoms with Crippen molar-refractivity contribution >= 4 is 23.1 Å². The van der Waals surface area contributed by atoms with Crippen molar-refractivity contribution in [1.82, 2.24) is 14.4 Å². The molecule has 3 atom stereocenters. The highest BCUT2D eigenvalue weighted by Crippen LogP contribution is 2.42. The topological polar surface area (TPSA) is 56.5 Å². The summed E-state index contributed by atoms with van der Waals surface area (Å²) in [6.07, 6.45) is 8.12. The minimum absolute atomic E-state index is 0.0663. The van der Waals surface area contributed by atoms with Gasteiger partial charge in [-0.3, -0.25) is 9.20 Å². The van der Waals surface area contributed by atoms with Gasteiger partial charge in [0.1, 0.15) is 11.3 Å². The van der Waals surface area contributed by atoms with Gasteiger partial charge < -0.3 is 4.74 Å². The molecule has 0 radical (unpaired) electrons. The molecule has 23 heavy (non-hydrogen) atoms. The maximum Gasteiger partial charge on any atom is 0.308 e. The van der Waals surface area contributed by atoms with Crippen molar-refractivity contribution in [3.8, 4) is 0 Å². The number of carbonyl (C=O) groups excluding carboxylic acids is 1. The van der Waals surface area contributed by atoms with Gasteiger partial charge in [-0.15, -0.1) is 0 Å². The number of imidazole rings is 1. The molecule has 0 N–H and O–H groups in total. The smallest absolute Gasteiger partial charge is 0.308 e. The van der Waals surface area contributed by atoms with Crippen LogP contribution in [0.25, 0.3) is 5.52 Å². The number of halogens is 1. The van der Waals surface area contributed by atoms with Crippen molar-refractivity contribution in [2.24, 2.45) is 17.8 Å². The highest BCUT2D eigenvalue weighted by molar-refractivity contribution is 6.32. The summed E-state index contributed by atoms with van der Waals surface area (Å²) in [6, 6.07) is 0. The fourth-order valence-electron chi connectivity index (χ4n) is 3.87. The second-order valence-corrected chi connectivity index (χ2v) is 7.00. The summed E-state index contributed by atoms with van der Waals surface area (Å²) in [5, 5.41) is 0.451. The van der Waals surface area contributed by atoms with Crippen LogP contribution >= 0.6 is 11.6 Å². The molecule has 124 valence electrons. The number of carbonyl (C=O) groups is 1. The van der Waals surface area contributed by atoms with Crippen molar-refractivity contribution in [3.05, 3.63) is 29.6 Å². The minimum atomic E-state index is -0.103. The molecule has 1 aliphatic carbocycles. The molecule has 1 aliphatic rings. The molecule has 2 aromatic heterocycles. The predicted octanol–water partition coefficient (Wildman–Crippen LogP) is 3.71. The summed E-state index contributed by atoms with van der Waals surface area (Å²) < 4.78 is 7.04. The van der Waals surface area contributed by atoms with E-state index >= 15 is 0 Å². The fraction of sp³-hybridized carbons (Fsp3) is 0.588. The third-order valence-electron chi connectivity index (χ3n) is 5.07. The van der Waals surface area contributed by atoms with E-state index in [2.05, 4.69) is 23.8 Å². The summed E-state index contributed by atoms with van der Waals surface area (Å²) in [4.78, 5) is 20.9. The lowest BCUT2D eigenvalue weighted by molar-refractivity contribution is -0.149. The molecule has 3 unspecified atom stereocenters. The lowest BCUT2D eigenvalue weighted by Gasteiger charge is -2.36. The largest absolute Gasteiger partial charge is 0.469 e. The fourth-order valence-corrected chi connectivity index (χ4v) is 4.06. The van der Waals surface area contributed by atoms with Crippen LogP contribution in [0.3, 0.4) is 0 Å². The SMILES string of the molecule is COC(=O)C1CC(c2ncc3c(Cl)nccn23)CCC1C(C)C. The average molecular weight is 336 g/mol. The number of fused-ring (bicyclic) bond motifs is 1. The highest BCUT2D eigenvalue weighted by atomic mass is 35.5. The van der Waals surface area contributed by atoms with Gasteiger partial charge in [-0.25, -0.2) is 9.97 Å². The lowest BCUT2D eigenvalue weighted by atomic mass is 9.69. The molecule has 1 saturated carbocycles. The normalized spacial score (nSPS) is 25.0. The molecule has 0 amide bonds. The number of rotatable bonds is 3. The van der Waals surface area contributed by atoms with Gasteiger partial charge >= 0.3 is 5.97 Å². The van der Waals surface area contributed by atoms with Crippen LogP contribution in [-0.4, -0.2) is 27.4 Å². The Kier molecular flexibility index (Phi) is 4.57. The number of methoxy groups -OCH3 is 1. The van der Waals surface area contributed by atoms with Gasteiger partial charge in [-0.05, 0) is 31.1 Å². The quantitative estimate of drug-likeness (QED) is 0.802. The molecule has 0 aliphatic heterocycles. The van der Waals surface area contributed by atoms with E-state index in [1.54, 1.807) is 12.4 Å². The number of aromatic nitrogens is 3. The zero-order chi connectivity index (χ0) is 16.6. The summed E-state index contributed by atoms with van der Waals surface area (Å²) in [5.41, 5.74) is 0.810. The van der Waals surface area contributed by atoms with Crippen molar-refractivity contribution < 1.29 is 9.53 Å². The van der Waals surface area contributed by atoms with Gasteiger partial charge in [0.15, 0.2) is 5.15 Å². The molecule has 0 spiro atoms. The maximum absolute atomic E-state index is 12.2. The van der Waals surface area contributed by atoms with Crippen LogP contribution < -0.4 is 0 Å². The van der Waals surface area contributed by atoms with Gasteiger partial charge in [-0.2, -0.15) is 0 Å². The molecular weight excluding hydrogens is 314 g/mol. The minimum Gasteiger partial charge on any atom is -0.469 e. The van der Waals surface area contributed by atoms with E-state index in [-0.39, 0.29) is 17.8 Å². The van der Waals surface area contributed by atoms with Crippen LogP contribution in [0.5, 0.6) is 0 Å². The summed E-state index contributed by atoms with van der Waals surface area (Å²) in [7, 11) is 1.47. The van der Waals surface area contributed by atoms with Crippen LogP contribution in [0, 0.1) is 17.8 Å². The molecule has 0 bridgehead atoms. The second kappa shape index (κ2) is 6.48. The second-order valence-electron chi connectivity index (χ2n) is 6.64. The van der Waals surface area contributed by atoms with Crippen molar-refractivity contribution in [2.75, 3.05) is 7.11 Å². The molecule has 5 nitrogen and oxygen atoms in total. The maximum atomic E-state index is 12.2. The van der Waals surface area contributed by atoms with Gasteiger partial charge in [-0.1, -0.05) is 25.4 Å². The molecule has 2 aromatic rings. The third kappa shape index (κ3) is 2.94. The molecular formula is C17H22ClN3O2. The van der Waals surface area contributed by atoms with E-state index in [0.29, 0.717) is 17.0 Å². The van der Waals surface area contributed by atoms with Crippen LogP contribution in [0.2, 0.25) is 5.15 Å². The van der Waals surface area contributed by atoms with E-state index in [1.807, 2.05) is 10.6 Å². The Hall–Kier alpha value is -1.62. The first-order valence-corrected chi connectivity index (χ1v) is 8.46. The predicted molar refractivity (Wildman–Crippen MR) is 88.4 cm³/mol.